The maximum Gasteiger partial charge on any atom is 0.242 e. The van der Waals surface area contributed by atoms with Crippen molar-refractivity contribution in [1.29, 1.82) is 0 Å². The summed E-state index contributed by atoms with van der Waals surface area (Å²) in [7, 11) is 1.75. The normalized spacial score (nSPS) is 18.2. The van der Waals surface area contributed by atoms with Crippen molar-refractivity contribution in [3.63, 3.8) is 0 Å². The maximum absolute atomic E-state index is 12.5. The first-order valence-electron chi connectivity index (χ1n) is 9.41. The highest BCUT2D eigenvalue weighted by molar-refractivity contribution is 14.0. The fourth-order valence-electron chi connectivity index (χ4n) is 3.60. The summed E-state index contributed by atoms with van der Waals surface area (Å²) in [6.07, 6.45) is 4.90. The van der Waals surface area contributed by atoms with Crippen LogP contribution in [0.2, 0.25) is 5.02 Å². The van der Waals surface area contributed by atoms with E-state index >= 15 is 0 Å². The minimum absolute atomic E-state index is 0. The highest BCUT2D eigenvalue weighted by atomic mass is 127. The van der Waals surface area contributed by atoms with Gasteiger partial charge in [-0.3, -0.25) is 9.79 Å². The number of carbonyl (C=O) groups excluding carboxylic acids is 1. The van der Waals surface area contributed by atoms with Gasteiger partial charge in [-0.25, -0.2) is 0 Å². The van der Waals surface area contributed by atoms with Gasteiger partial charge in [0.15, 0.2) is 5.96 Å². The molecule has 1 aliphatic heterocycles. The molecule has 8 heteroatoms. The summed E-state index contributed by atoms with van der Waals surface area (Å²) < 4.78 is 0. The average Bonchev–Trinajstić information content (AvgIpc) is 3.19. The number of guanidine groups is 1. The third kappa shape index (κ3) is 6.41. The Labute approximate surface area is 183 Å². The molecule has 0 aromatic heterocycles. The number of piperazine rings is 1. The largest absolute Gasteiger partial charge is 0.368 e. The number of hydrogen-bond donors (Lipinski definition) is 2. The van der Waals surface area contributed by atoms with Crippen molar-refractivity contribution >= 4 is 53.1 Å². The van der Waals surface area contributed by atoms with Crippen LogP contribution in [-0.4, -0.2) is 62.6 Å². The van der Waals surface area contributed by atoms with Crippen LogP contribution in [0.5, 0.6) is 0 Å². The lowest BCUT2D eigenvalue weighted by Crippen LogP contribution is -2.52. The van der Waals surface area contributed by atoms with E-state index in [2.05, 4.69) is 20.5 Å². The van der Waals surface area contributed by atoms with Crippen LogP contribution in [0.25, 0.3) is 0 Å². The summed E-state index contributed by atoms with van der Waals surface area (Å²) in [5.74, 6) is 0.847. The second-order valence-corrected chi connectivity index (χ2v) is 7.33. The molecule has 0 bridgehead atoms. The van der Waals surface area contributed by atoms with Crippen molar-refractivity contribution < 1.29 is 4.79 Å². The lowest BCUT2D eigenvalue weighted by atomic mass is 10.2. The van der Waals surface area contributed by atoms with Gasteiger partial charge in [0.1, 0.15) is 0 Å². The quantitative estimate of drug-likeness (QED) is 0.375. The highest BCUT2D eigenvalue weighted by Gasteiger charge is 2.22. The Bertz CT molecular complexity index is 625. The summed E-state index contributed by atoms with van der Waals surface area (Å²) in [5, 5.41) is 7.31. The minimum Gasteiger partial charge on any atom is -0.368 e. The van der Waals surface area contributed by atoms with Crippen LogP contribution in [0.1, 0.15) is 25.7 Å². The minimum atomic E-state index is 0. The first kappa shape index (κ1) is 22.1. The highest BCUT2D eigenvalue weighted by Crippen LogP contribution is 2.19. The van der Waals surface area contributed by atoms with Gasteiger partial charge in [0, 0.05) is 50.0 Å². The molecule has 6 nitrogen and oxygen atoms in total. The van der Waals surface area contributed by atoms with Crippen LogP contribution in [0.3, 0.4) is 0 Å². The summed E-state index contributed by atoms with van der Waals surface area (Å²) >= 11 is 5.95. The smallest absolute Gasteiger partial charge is 0.242 e. The number of amides is 1. The number of anilines is 1. The van der Waals surface area contributed by atoms with E-state index in [0.29, 0.717) is 6.04 Å². The number of halogens is 2. The Kier molecular flexibility index (Phi) is 8.95. The van der Waals surface area contributed by atoms with Crippen LogP contribution in [-0.2, 0) is 4.79 Å². The molecular formula is C19H29ClIN5O. The monoisotopic (exact) mass is 505 g/mol. The molecule has 1 saturated carbocycles. The lowest BCUT2D eigenvalue weighted by molar-refractivity contribution is -0.130. The number of nitrogens with one attached hydrogen (secondary N) is 2. The zero-order valence-electron chi connectivity index (χ0n) is 15.8. The Morgan fingerprint density at radius 1 is 1.15 bits per heavy atom. The molecule has 0 atom stereocenters. The maximum atomic E-state index is 12.5. The number of benzene rings is 1. The Morgan fingerprint density at radius 3 is 2.37 bits per heavy atom. The molecule has 1 aliphatic carbocycles. The SMILES string of the molecule is CN=C(NCC(=O)N1CCN(c2ccc(Cl)cc2)CC1)NC1CCCC1.I. The molecule has 1 aromatic carbocycles. The number of nitrogens with zero attached hydrogens (tertiary/aromatic N) is 3. The molecule has 0 unspecified atom stereocenters. The zero-order chi connectivity index (χ0) is 18.4. The molecule has 1 aromatic rings. The molecule has 1 heterocycles. The predicted octanol–water partition coefficient (Wildman–Crippen LogP) is 2.71. The molecule has 1 saturated heterocycles. The van der Waals surface area contributed by atoms with Gasteiger partial charge in [-0.1, -0.05) is 24.4 Å². The van der Waals surface area contributed by atoms with E-state index in [1.807, 2.05) is 29.2 Å². The topological polar surface area (TPSA) is 60.0 Å². The Balaban J connectivity index is 0.00000261. The second-order valence-electron chi connectivity index (χ2n) is 6.90. The first-order chi connectivity index (χ1) is 12.7. The molecule has 150 valence electrons. The summed E-state index contributed by atoms with van der Waals surface area (Å²) in [6.45, 7) is 3.42. The first-order valence-corrected chi connectivity index (χ1v) is 9.79. The van der Waals surface area contributed by atoms with E-state index in [1.54, 1.807) is 7.05 Å². The van der Waals surface area contributed by atoms with E-state index in [1.165, 1.54) is 25.7 Å². The molecule has 3 rings (SSSR count). The van der Waals surface area contributed by atoms with Gasteiger partial charge >= 0.3 is 0 Å². The van der Waals surface area contributed by atoms with E-state index in [4.69, 9.17) is 11.6 Å². The van der Waals surface area contributed by atoms with Gasteiger partial charge < -0.3 is 20.4 Å². The number of carbonyl (C=O) groups is 1. The van der Waals surface area contributed by atoms with Crippen molar-refractivity contribution in [1.82, 2.24) is 15.5 Å². The van der Waals surface area contributed by atoms with Crippen molar-refractivity contribution in [3.8, 4) is 0 Å². The van der Waals surface area contributed by atoms with Crippen molar-refractivity contribution in [2.45, 2.75) is 31.7 Å². The lowest BCUT2D eigenvalue weighted by Gasteiger charge is -2.36. The van der Waals surface area contributed by atoms with E-state index < -0.39 is 0 Å². The molecular weight excluding hydrogens is 477 g/mol. The van der Waals surface area contributed by atoms with Gasteiger partial charge in [-0.05, 0) is 37.1 Å². The van der Waals surface area contributed by atoms with E-state index in [9.17, 15) is 4.79 Å². The Morgan fingerprint density at radius 2 is 1.78 bits per heavy atom. The van der Waals surface area contributed by atoms with Crippen LogP contribution >= 0.6 is 35.6 Å². The van der Waals surface area contributed by atoms with Gasteiger partial charge in [0.2, 0.25) is 5.91 Å². The predicted molar refractivity (Wildman–Crippen MR) is 122 cm³/mol. The van der Waals surface area contributed by atoms with Crippen LogP contribution in [0, 0.1) is 0 Å². The van der Waals surface area contributed by atoms with Gasteiger partial charge in [-0.15, -0.1) is 24.0 Å². The molecule has 1 amide bonds. The average molecular weight is 506 g/mol. The Hall–Kier alpha value is -1.22. The summed E-state index contributed by atoms with van der Waals surface area (Å²) in [5.41, 5.74) is 1.15. The standard InChI is InChI=1S/C19H28ClN5O.HI/c1-21-19(23-16-4-2-3-5-16)22-14-18(26)25-12-10-24(11-13-25)17-8-6-15(20)7-9-17;/h6-9,16H,2-5,10-14H2,1H3,(H2,21,22,23);1H. The molecule has 2 aliphatic rings. The third-order valence-electron chi connectivity index (χ3n) is 5.15. The molecule has 0 spiro atoms. The third-order valence-corrected chi connectivity index (χ3v) is 5.40. The van der Waals surface area contributed by atoms with Crippen molar-refractivity contribution in [2.75, 3.05) is 44.7 Å². The molecule has 2 fully saturated rings. The molecule has 27 heavy (non-hydrogen) atoms. The van der Waals surface area contributed by atoms with Gasteiger partial charge in [0.25, 0.3) is 0 Å². The van der Waals surface area contributed by atoms with E-state index in [-0.39, 0.29) is 36.4 Å². The van der Waals surface area contributed by atoms with Gasteiger partial charge in [0.05, 0.1) is 6.54 Å². The molecule has 2 N–H and O–H groups in total. The summed E-state index contributed by atoms with van der Waals surface area (Å²) in [6, 6.07) is 8.35. The fourth-order valence-corrected chi connectivity index (χ4v) is 3.72. The fraction of sp³-hybridized carbons (Fsp3) is 0.579. The molecule has 0 radical (unpaired) electrons. The van der Waals surface area contributed by atoms with Crippen LogP contribution < -0.4 is 15.5 Å². The summed E-state index contributed by atoms with van der Waals surface area (Å²) in [4.78, 5) is 20.9. The van der Waals surface area contributed by atoms with Crippen LogP contribution in [0.15, 0.2) is 29.3 Å². The number of hydrogen-bond acceptors (Lipinski definition) is 3. The second kappa shape index (κ2) is 10.9. The van der Waals surface area contributed by atoms with Gasteiger partial charge in [-0.2, -0.15) is 0 Å². The van der Waals surface area contributed by atoms with Crippen molar-refractivity contribution in [2.24, 2.45) is 4.99 Å². The number of aliphatic imine (C=N–C) groups is 1. The van der Waals surface area contributed by atoms with Crippen molar-refractivity contribution in [3.05, 3.63) is 29.3 Å². The number of rotatable bonds is 4. The zero-order valence-corrected chi connectivity index (χ0v) is 18.9. The van der Waals surface area contributed by atoms with E-state index in [0.717, 1.165) is 42.8 Å². The van der Waals surface area contributed by atoms with Crippen LogP contribution in [0.4, 0.5) is 5.69 Å².